The van der Waals surface area contributed by atoms with E-state index in [4.69, 9.17) is 4.98 Å². The zero-order chi connectivity index (χ0) is 20.4. The van der Waals surface area contributed by atoms with Crippen molar-refractivity contribution in [2.24, 2.45) is 0 Å². The number of quaternary nitrogens is 1. The van der Waals surface area contributed by atoms with Crippen molar-refractivity contribution in [3.63, 3.8) is 0 Å². The first kappa shape index (κ1) is 19.6. The number of carbonyl (C=O) groups is 1. The van der Waals surface area contributed by atoms with Crippen molar-refractivity contribution in [3.05, 3.63) is 65.7 Å². The highest BCUT2D eigenvalue weighted by Crippen LogP contribution is 2.26. The fourth-order valence-electron chi connectivity index (χ4n) is 3.75. The number of piperazine rings is 1. The molecule has 0 aliphatic carbocycles. The Kier molecular flexibility index (Phi) is 5.60. The van der Waals surface area contributed by atoms with Gasteiger partial charge in [0.05, 0.1) is 50.0 Å². The summed E-state index contributed by atoms with van der Waals surface area (Å²) < 4.78 is 0. The lowest BCUT2D eigenvalue weighted by Crippen LogP contribution is -3.12. The van der Waals surface area contributed by atoms with Crippen molar-refractivity contribution in [3.8, 4) is 11.3 Å². The van der Waals surface area contributed by atoms with Gasteiger partial charge in [-0.3, -0.25) is 10.2 Å². The van der Waals surface area contributed by atoms with Crippen molar-refractivity contribution in [2.45, 2.75) is 19.8 Å². The Morgan fingerprint density at radius 2 is 1.76 bits per heavy atom. The number of fused-ring (bicyclic) bond motifs is 1. The minimum Gasteiger partial charge on any atom is -0.335 e. The van der Waals surface area contributed by atoms with Crippen molar-refractivity contribution in [1.29, 1.82) is 0 Å². The Balaban J connectivity index is 1.68. The highest BCUT2D eigenvalue weighted by Gasteiger charge is 2.21. The maximum atomic E-state index is 13.1. The second-order valence-corrected chi connectivity index (χ2v) is 8.23. The maximum Gasteiger partial charge on any atom is 0.266 e. The van der Waals surface area contributed by atoms with Crippen LogP contribution in [0.4, 0.5) is 0 Å². The van der Waals surface area contributed by atoms with Gasteiger partial charge in [0.2, 0.25) is 0 Å². The van der Waals surface area contributed by atoms with E-state index < -0.39 is 0 Å². The molecular weight excluding hydrogens is 360 g/mol. The molecular formula is C24H29N4O+. The summed E-state index contributed by atoms with van der Waals surface area (Å²) in [6.45, 7) is 8.17. The molecule has 0 saturated carbocycles. The summed E-state index contributed by atoms with van der Waals surface area (Å²) in [5.41, 5.74) is 7.76. The lowest BCUT2D eigenvalue weighted by molar-refractivity contribution is -0.884. The van der Waals surface area contributed by atoms with Crippen LogP contribution in [0.1, 0.15) is 35.7 Å². The lowest BCUT2D eigenvalue weighted by atomic mass is 9.99. The summed E-state index contributed by atoms with van der Waals surface area (Å²) in [5.74, 6) is 0.420. The number of benzene rings is 2. The first-order valence-corrected chi connectivity index (χ1v) is 10.4. The first-order chi connectivity index (χ1) is 14.0. The summed E-state index contributed by atoms with van der Waals surface area (Å²) >= 11 is 0. The summed E-state index contributed by atoms with van der Waals surface area (Å²) in [7, 11) is 2.19. The molecule has 1 amide bonds. The molecule has 1 aromatic heterocycles. The van der Waals surface area contributed by atoms with Gasteiger partial charge < -0.3 is 4.90 Å². The molecule has 0 atom stereocenters. The van der Waals surface area contributed by atoms with Crippen LogP contribution < -0.4 is 10.3 Å². The van der Waals surface area contributed by atoms with E-state index in [1.54, 1.807) is 0 Å². The molecule has 150 valence electrons. The average Bonchev–Trinajstić information content (AvgIpc) is 2.74. The number of amides is 1. The van der Waals surface area contributed by atoms with Crippen LogP contribution in [-0.2, 0) is 0 Å². The van der Waals surface area contributed by atoms with E-state index >= 15 is 0 Å². The SMILES string of the molecule is CC(C)c1ccc(-c2cc(C(=O)NN3CC[NH+](C)CC3)c3ccccc3n2)cc1. The molecule has 5 nitrogen and oxygen atoms in total. The Hall–Kier alpha value is -2.76. The maximum absolute atomic E-state index is 13.1. The Morgan fingerprint density at radius 3 is 2.45 bits per heavy atom. The molecule has 1 aliphatic heterocycles. The monoisotopic (exact) mass is 389 g/mol. The number of hydrazine groups is 1. The van der Waals surface area contributed by atoms with Gasteiger partial charge in [0.15, 0.2) is 0 Å². The summed E-state index contributed by atoms with van der Waals surface area (Å²) in [5, 5.41) is 2.91. The second-order valence-electron chi connectivity index (χ2n) is 8.23. The third-order valence-corrected chi connectivity index (χ3v) is 5.71. The van der Waals surface area contributed by atoms with Gasteiger partial charge in [-0.15, -0.1) is 0 Å². The summed E-state index contributed by atoms with van der Waals surface area (Å²) in [4.78, 5) is 19.5. The average molecular weight is 390 g/mol. The van der Waals surface area contributed by atoms with E-state index in [1.165, 1.54) is 10.5 Å². The number of hydrogen-bond donors (Lipinski definition) is 2. The molecule has 0 bridgehead atoms. The Labute approximate surface area is 172 Å². The van der Waals surface area contributed by atoms with Crippen LogP contribution in [0.25, 0.3) is 22.2 Å². The third-order valence-electron chi connectivity index (χ3n) is 5.71. The predicted octanol–water partition coefficient (Wildman–Crippen LogP) is 2.50. The van der Waals surface area contributed by atoms with Crippen LogP contribution in [0.5, 0.6) is 0 Å². The van der Waals surface area contributed by atoms with Gasteiger partial charge in [-0.05, 0) is 23.6 Å². The zero-order valence-corrected chi connectivity index (χ0v) is 17.4. The zero-order valence-electron chi connectivity index (χ0n) is 17.4. The quantitative estimate of drug-likeness (QED) is 0.721. The molecule has 0 spiro atoms. The number of nitrogens with zero attached hydrogens (tertiary/aromatic N) is 2. The fraction of sp³-hybridized carbons (Fsp3) is 0.333. The normalized spacial score (nSPS) is 15.7. The predicted molar refractivity (Wildman–Crippen MR) is 117 cm³/mol. The van der Waals surface area contributed by atoms with Gasteiger partial charge in [-0.2, -0.15) is 0 Å². The van der Waals surface area contributed by atoms with Crippen LogP contribution in [0.2, 0.25) is 0 Å². The van der Waals surface area contributed by atoms with E-state index in [0.29, 0.717) is 11.5 Å². The molecule has 2 N–H and O–H groups in total. The number of aromatic nitrogens is 1. The van der Waals surface area contributed by atoms with E-state index in [2.05, 4.69) is 50.6 Å². The number of pyridine rings is 1. The van der Waals surface area contributed by atoms with Crippen molar-refractivity contribution in [1.82, 2.24) is 15.4 Å². The van der Waals surface area contributed by atoms with E-state index in [0.717, 1.165) is 48.3 Å². The van der Waals surface area contributed by atoms with Crippen molar-refractivity contribution in [2.75, 3.05) is 33.2 Å². The molecule has 4 rings (SSSR count). The number of hydrogen-bond acceptors (Lipinski definition) is 3. The van der Waals surface area contributed by atoms with Gasteiger partial charge >= 0.3 is 0 Å². The van der Waals surface area contributed by atoms with E-state index in [9.17, 15) is 4.79 Å². The van der Waals surface area contributed by atoms with Gasteiger partial charge in [0.1, 0.15) is 0 Å². The number of rotatable bonds is 4. The lowest BCUT2D eigenvalue weighted by Gasteiger charge is -2.30. The van der Waals surface area contributed by atoms with Gasteiger partial charge in [-0.1, -0.05) is 56.3 Å². The smallest absolute Gasteiger partial charge is 0.266 e. The number of likely N-dealkylation sites (N-methyl/N-ethyl adjacent to an activating group) is 1. The standard InChI is InChI=1S/C24H28N4O/c1-17(2)18-8-10-19(11-9-18)23-16-21(20-6-4-5-7-22(20)25-23)24(29)26-28-14-12-27(3)13-15-28/h4-11,16-17H,12-15H2,1-3H3,(H,26,29)/p+1. The summed E-state index contributed by atoms with van der Waals surface area (Å²) in [6, 6.07) is 18.3. The highest BCUT2D eigenvalue weighted by atomic mass is 16.2. The largest absolute Gasteiger partial charge is 0.335 e. The van der Waals surface area contributed by atoms with E-state index in [-0.39, 0.29) is 5.91 Å². The third kappa shape index (κ3) is 4.31. The number of nitrogens with one attached hydrogen (secondary N) is 2. The Morgan fingerprint density at radius 1 is 1.07 bits per heavy atom. The number of para-hydroxylation sites is 1. The summed E-state index contributed by atoms with van der Waals surface area (Å²) in [6.07, 6.45) is 0. The minimum absolute atomic E-state index is 0.0665. The fourth-order valence-corrected chi connectivity index (χ4v) is 3.75. The van der Waals surface area contributed by atoms with Crippen LogP contribution >= 0.6 is 0 Å². The number of carbonyl (C=O) groups excluding carboxylic acids is 1. The van der Waals surface area contributed by atoms with Crippen LogP contribution in [0, 0.1) is 0 Å². The molecule has 1 aliphatic rings. The van der Waals surface area contributed by atoms with Gasteiger partial charge in [-0.25, -0.2) is 9.99 Å². The van der Waals surface area contributed by atoms with Crippen molar-refractivity contribution >= 4 is 16.8 Å². The molecule has 3 aromatic rings. The topological polar surface area (TPSA) is 49.7 Å². The highest BCUT2D eigenvalue weighted by molar-refractivity contribution is 6.07. The molecule has 29 heavy (non-hydrogen) atoms. The van der Waals surface area contributed by atoms with E-state index in [1.807, 2.05) is 35.3 Å². The van der Waals surface area contributed by atoms with Crippen molar-refractivity contribution < 1.29 is 9.69 Å². The second kappa shape index (κ2) is 8.31. The molecule has 0 unspecified atom stereocenters. The molecule has 1 saturated heterocycles. The molecule has 0 radical (unpaired) electrons. The molecule has 1 fully saturated rings. The van der Waals surface area contributed by atoms with Gasteiger partial charge in [0, 0.05) is 10.9 Å². The minimum atomic E-state index is -0.0665. The van der Waals surface area contributed by atoms with Crippen LogP contribution in [0.3, 0.4) is 0 Å². The van der Waals surface area contributed by atoms with Crippen LogP contribution in [0.15, 0.2) is 54.6 Å². The molecule has 5 heteroatoms. The molecule has 2 heterocycles. The first-order valence-electron chi connectivity index (χ1n) is 10.4. The Bertz CT molecular complexity index is 1010. The van der Waals surface area contributed by atoms with Gasteiger partial charge in [0.25, 0.3) is 5.91 Å². The van der Waals surface area contributed by atoms with Crippen LogP contribution in [-0.4, -0.2) is 49.1 Å². The molecule has 2 aromatic carbocycles.